The van der Waals surface area contributed by atoms with Gasteiger partial charge in [0.05, 0.1) is 6.61 Å². The maximum atomic E-state index is 9.20. The lowest BCUT2D eigenvalue weighted by molar-refractivity contribution is 0.138. The van der Waals surface area contributed by atoms with Crippen LogP contribution in [0.4, 0.5) is 0 Å². The second kappa shape index (κ2) is 6.18. The van der Waals surface area contributed by atoms with Crippen LogP contribution >= 0.6 is 0 Å². The minimum atomic E-state index is 0.263. The zero-order chi connectivity index (χ0) is 12.1. The third-order valence-electron chi connectivity index (χ3n) is 3.68. The van der Waals surface area contributed by atoms with Crippen molar-refractivity contribution in [3.63, 3.8) is 0 Å². The fourth-order valence-electron chi connectivity index (χ4n) is 2.95. The Kier molecular flexibility index (Phi) is 4.57. The second-order valence-corrected chi connectivity index (χ2v) is 4.87. The van der Waals surface area contributed by atoms with Gasteiger partial charge in [0.2, 0.25) is 0 Å². The number of aliphatic hydroxyl groups is 1. The first-order valence-electron chi connectivity index (χ1n) is 6.79. The number of hydrogen-bond acceptors (Lipinski definition) is 2. The highest BCUT2D eigenvalue weighted by atomic mass is 16.3. The fourth-order valence-corrected chi connectivity index (χ4v) is 2.95. The van der Waals surface area contributed by atoms with E-state index in [-0.39, 0.29) is 6.61 Å². The molecule has 0 fully saturated rings. The topological polar surface area (TPSA) is 23.5 Å². The predicted molar refractivity (Wildman–Crippen MR) is 71.1 cm³/mol. The van der Waals surface area contributed by atoms with E-state index in [1.807, 2.05) is 0 Å². The summed E-state index contributed by atoms with van der Waals surface area (Å²) in [5.74, 6) is 0. The molecule has 0 bridgehead atoms. The summed E-state index contributed by atoms with van der Waals surface area (Å²) >= 11 is 0. The summed E-state index contributed by atoms with van der Waals surface area (Å²) in [5, 5.41) is 9.20. The van der Waals surface area contributed by atoms with Crippen LogP contribution < -0.4 is 0 Å². The highest BCUT2D eigenvalue weighted by Crippen LogP contribution is 2.33. The Bertz CT molecular complexity index is 345. The van der Waals surface area contributed by atoms with Gasteiger partial charge < -0.3 is 5.11 Å². The molecule has 0 heterocycles. The minimum absolute atomic E-state index is 0.263. The van der Waals surface area contributed by atoms with Gasteiger partial charge in [0.15, 0.2) is 0 Å². The van der Waals surface area contributed by atoms with Gasteiger partial charge >= 0.3 is 0 Å². The summed E-state index contributed by atoms with van der Waals surface area (Å²) in [6.07, 6.45) is 4.87. The van der Waals surface area contributed by atoms with E-state index < -0.39 is 0 Å². The molecule has 2 nitrogen and oxygen atoms in total. The van der Waals surface area contributed by atoms with Crippen molar-refractivity contribution >= 4 is 0 Å². The van der Waals surface area contributed by atoms with Gasteiger partial charge in [-0.2, -0.15) is 0 Å². The van der Waals surface area contributed by atoms with Crippen molar-refractivity contribution in [3.05, 3.63) is 35.4 Å². The van der Waals surface area contributed by atoms with Gasteiger partial charge in [-0.15, -0.1) is 0 Å². The van der Waals surface area contributed by atoms with E-state index in [0.717, 1.165) is 19.5 Å². The molecule has 0 spiro atoms. The van der Waals surface area contributed by atoms with Gasteiger partial charge in [-0.3, -0.25) is 4.90 Å². The van der Waals surface area contributed by atoms with Gasteiger partial charge in [0.1, 0.15) is 0 Å². The summed E-state index contributed by atoms with van der Waals surface area (Å²) in [5.41, 5.74) is 2.99. The lowest BCUT2D eigenvalue weighted by atomic mass is 9.86. The maximum absolute atomic E-state index is 9.20. The van der Waals surface area contributed by atoms with E-state index in [2.05, 4.69) is 36.1 Å². The third kappa shape index (κ3) is 2.88. The Hall–Kier alpha value is -0.860. The first kappa shape index (κ1) is 12.6. The molecule has 1 aromatic carbocycles. The number of nitrogens with zero attached hydrogens (tertiary/aromatic N) is 1. The number of benzene rings is 1. The van der Waals surface area contributed by atoms with Crippen LogP contribution in [0, 0.1) is 0 Å². The van der Waals surface area contributed by atoms with Crippen LogP contribution in [-0.4, -0.2) is 29.7 Å². The first-order chi connectivity index (χ1) is 8.36. The van der Waals surface area contributed by atoms with E-state index in [1.54, 1.807) is 0 Å². The fraction of sp³-hybridized carbons (Fsp3) is 0.600. The standard InChI is InChI=1S/C15H23NO/c1-2-10-16(11-12-17)15-9-5-7-13-6-3-4-8-14(13)15/h3-4,6,8,15,17H,2,5,7,9-12H2,1H3. The molecule has 0 aliphatic heterocycles. The molecule has 2 rings (SSSR count). The SMILES string of the molecule is CCCN(CCO)C1CCCc2ccccc21. The number of fused-ring (bicyclic) bond motifs is 1. The molecule has 0 saturated heterocycles. The number of aliphatic hydroxyl groups excluding tert-OH is 1. The molecule has 1 unspecified atom stereocenters. The van der Waals surface area contributed by atoms with Crippen molar-refractivity contribution in [2.24, 2.45) is 0 Å². The van der Waals surface area contributed by atoms with Crippen molar-refractivity contribution in [3.8, 4) is 0 Å². The van der Waals surface area contributed by atoms with Gasteiger partial charge in [-0.1, -0.05) is 31.2 Å². The molecule has 0 amide bonds. The highest BCUT2D eigenvalue weighted by Gasteiger charge is 2.24. The van der Waals surface area contributed by atoms with E-state index in [0.29, 0.717) is 6.04 Å². The molecule has 1 aliphatic carbocycles. The van der Waals surface area contributed by atoms with Crippen LogP contribution in [0.15, 0.2) is 24.3 Å². The molecule has 0 saturated carbocycles. The van der Waals surface area contributed by atoms with Gasteiger partial charge in [0.25, 0.3) is 0 Å². The van der Waals surface area contributed by atoms with Crippen molar-refractivity contribution in [2.75, 3.05) is 19.7 Å². The number of rotatable bonds is 5. The largest absolute Gasteiger partial charge is 0.395 e. The Morgan fingerprint density at radius 3 is 2.88 bits per heavy atom. The van der Waals surface area contributed by atoms with E-state index in [1.165, 1.54) is 30.4 Å². The zero-order valence-corrected chi connectivity index (χ0v) is 10.7. The molecule has 0 radical (unpaired) electrons. The van der Waals surface area contributed by atoms with Crippen molar-refractivity contribution in [1.29, 1.82) is 0 Å². The number of hydrogen-bond donors (Lipinski definition) is 1. The molecule has 1 atom stereocenters. The molecule has 2 heteroatoms. The molecular weight excluding hydrogens is 210 g/mol. The average molecular weight is 233 g/mol. The van der Waals surface area contributed by atoms with Crippen LogP contribution in [0.25, 0.3) is 0 Å². The average Bonchev–Trinajstić information content (AvgIpc) is 2.38. The number of aryl methyl sites for hydroxylation is 1. The van der Waals surface area contributed by atoms with Gasteiger partial charge in [0, 0.05) is 12.6 Å². The quantitative estimate of drug-likeness (QED) is 0.845. The smallest absolute Gasteiger partial charge is 0.0558 e. The lowest BCUT2D eigenvalue weighted by Gasteiger charge is -2.35. The van der Waals surface area contributed by atoms with Crippen molar-refractivity contribution in [1.82, 2.24) is 4.90 Å². The summed E-state index contributed by atoms with van der Waals surface area (Å²) in [6.45, 7) is 4.35. The molecular formula is C15H23NO. The minimum Gasteiger partial charge on any atom is -0.395 e. The lowest BCUT2D eigenvalue weighted by Crippen LogP contribution is -2.34. The summed E-state index contributed by atoms with van der Waals surface area (Å²) in [6, 6.07) is 9.31. The molecule has 1 aromatic rings. The van der Waals surface area contributed by atoms with Crippen LogP contribution in [0.3, 0.4) is 0 Å². The van der Waals surface area contributed by atoms with E-state index in [9.17, 15) is 5.11 Å². The Morgan fingerprint density at radius 2 is 2.12 bits per heavy atom. The molecule has 1 aliphatic rings. The van der Waals surface area contributed by atoms with Crippen LogP contribution in [0.5, 0.6) is 0 Å². The van der Waals surface area contributed by atoms with Crippen LogP contribution in [0.1, 0.15) is 43.4 Å². The normalized spacial score (nSPS) is 19.4. The Balaban J connectivity index is 2.20. The van der Waals surface area contributed by atoms with Crippen LogP contribution in [-0.2, 0) is 6.42 Å². The van der Waals surface area contributed by atoms with Crippen LogP contribution in [0.2, 0.25) is 0 Å². The third-order valence-corrected chi connectivity index (χ3v) is 3.68. The summed E-state index contributed by atoms with van der Waals surface area (Å²) in [7, 11) is 0. The molecule has 94 valence electrons. The van der Waals surface area contributed by atoms with E-state index in [4.69, 9.17) is 0 Å². The maximum Gasteiger partial charge on any atom is 0.0558 e. The molecule has 17 heavy (non-hydrogen) atoms. The van der Waals surface area contributed by atoms with Crippen molar-refractivity contribution in [2.45, 2.75) is 38.6 Å². The van der Waals surface area contributed by atoms with Gasteiger partial charge in [-0.05, 0) is 43.4 Å². The second-order valence-electron chi connectivity index (χ2n) is 4.87. The van der Waals surface area contributed by atoms with E-state index >= 15 is 0 Å². The summed E-state index contributed by atoms with van der Waals surface area (Å²) < 4.78 is 0. The molecule has 0 aromatic heterocycles. The Labute approximate surface area is 104 Å². The Morgan fingerprint density at radius 1 is 1.29 bits per heavy atom. The van der Waals surface area contributed by atoms with Crippen molar-refractivity contribution < 1.29 is 5.11 Å². The molecule has 1 N–H and O–H groups in total. The van der Waals surface area contributed by atoms with Gasteiger partial charge in [-0.25, -0.2) is 0 Å². The highest BCUT2D eigenvalue weighted by molar-refractivity contribution is 5.32. The first-order valence-corrected chi connectivity index (χ1v) is 6.79. The predicted octanol–water partition coefficient (Wildman–Crippen LogP) is 2.77. The monoisotopic (exact) mass is 233 g/mol. The zero-order valence-electron chi connectivity index (χ0n) is 10.7. The summed E-state index contributed by atoms with van der Waals surface area (Å²) in [4.78, 5) is 2.44.